The summed E-state index contributed by atoms with van der Waals surface area (Å²) in [5.41, 5.74) is 2.05. The van der Waals surface area contributed by atoms with Crippen molar-refractivity contribution in [3.63, 3.8) is 0 Å². The molecule has 0 fully saturated rings. The minimum atomic E-state index is -0.506. The van der Waals surface area contributed by atoms with E-state index in [9.17, 15) is 13.6 Å². The highest BCUT2D eigenvalue weighted by Crippen LogP contribution is 2.25. The summed E-state index contributed by atoms with van der Waals surface area (Å²) in [7, 11) is 0. The summed E-state index contributed by atoms with van der Waals surface area (Å²) in [4.78, 5) is 15.9. The van der Waals surface area contributed by atoms with Crippen LogP contribution in [0.2, 0.25) is 10.2 Å². The van der Waals surface area contributed by atoms with Crippen molar-refractivity contribution in [2.24, 2.45) is 0 Å². The van der Waals surface area contributed by atoms with Crippen LogP contribution in [0.15, 0.2) is 46.9 Å². The number of carbonyl (C=O) groups is 1. The molecule has 0 spiro atoms. The van der Waals surface area contributed by atoms with Crippen molar-refractivity contribution in [3.05, 3.63) is 91.0 Å². The highest BCUT2D eigenvalue weighted by Gasteiger charge is 2.15. The molecular weight excluding hydrogens is 567 g/mol. The predicted molar refractivity (Wildman–Crippen MR) is 133 cm³/mol. The van der Waals surface area contributed by atoms with Crippen LogP contribution in [0, 0.1) is 11.6 Å². The molecule has 0 radical (unpaired) electrons. The quantitative estimate of drug-likeness (QED) is 0.139. The van der Waals surface area contributed by atoms with Gasteiger partial charge < -0.3 is 14.2 Å². The topological polar surface area (TPSA) is 57.7 Å². The largest absolute Gasteiger partial charge is 0.473 e. The number of halogens is 5. The van der Waals surface area contributed by atoms with Gasteiger partial charge >= 0.3 is 5.97 Å². The van der Waals surface area contributed by atoms with E-state index in [2.05, 4.69) is 20.9 Å². The van der Waals surface area contributed by atoms with Crippen molar-refractivity contribution < 1.29 is 27.8 Å². The number of pyridine rings is 1. The number of aromatic nitrogens is 1. The van der Waals surface area contributed by atoms with Gasteiger partial charge in [-0.15, -0.1) is 0 Å². The second-order valence-electron chi connectivity index (χ2n) is 7.43. The maximum Gasteiger partial charge on any atom is 0.310 e. The molecule has 1 heterocycles. The van der Waals surface area contributed by atoms with Gasteiger partial charge in [-0.05, 0) is 76.3 Å². The number of benzene rings is 2. The maximum absolute atomic E-state index is 14.7. The molecule has 5 nitrogen and oxygen atoms in total. The van der Waals surface area contributed by atoms with Gasteiger partial charge in [0, 0.05) is 16.7 Å². The van der Waals surface area contributed by atoms with E-state index in [1.165, 1.54) is 12.1 Å². The van der Waals surface area contributed by atoms with E-state index in [1.807, 2.05) is 0 Å². The van der Waals surface area contributed by atoms with Crippen LogP contribution in [0.3, 0.4) is 0 Å². The summed E-state index contributed by atoms with van der Waals surface area (Å²) in [6, 6.07) is 10.6. The van der Waals surface area contributed by atoms with Crippen molar-refractivity contribution in [1.82, 2.24) is 4.98 Å². The summed E-state index contributed by atoms with van der Waals surface area (Å²) in [6.45, 7) is 2.21. The Morgan fingerprint density at radius 2 is 1.83 bits per heavy atom. The molecule has 3 rings (SSSR count). The standard InChI is InChI=1S/C25H22BrCl2F2NO4/c1-2-34-25(32)11-16-10-22(30)20(26)9-17(16)13-33-7-6-15-8-18(27)12-21(29)19(15)14-35-24-5-3-4-23(28)31-24/h3-5,8-10,12H,2,6-7,11,13-14H2,1H3. The van der Waals surface area contributed by atoms with Crippen LogP contribution in [0.25, 0.3) is 0 Å². The lowest BCUT2D eigenvalue weighted by molar-refractivity contribution is -0.142. The normalized spacial score (nSPS) is 10.9. The van der Waals surface area contributed by atoms with Crippen molar-refractivity contribution >= 4 is 45.1 Å². The summed E-state index contributed by atoms with van der Waals surface area (Å²) in [6.07, 6.45) is 0.268. The third-order valence-electron chi connectivity index (χ3n) is 4.96. The molecule has 0 N–H and O–H groups in total. The molecule has 0 aliphatic heterocycles. The Balaban J connectivity index is 1.66. The SMILES string of the molecule is CCOC(=O)Cc1cc(F)c(Br)cc1COCCc1cc(Cl)cc(F)c1COc1cccc(Cl)n1. The molecule has 3 aromatic rings. The molecule has 0 bridgehead atoms. The van der Waals surface area contributed by atoms with Crippen molar-refractivity contribution in [3.8, 4) is 5.88 Å². The average molecular weight is 589 g/mol. The monoisotopic (exact) mass is 587 g/mol. The Morgan fingerprint density at radius 1 is 1.03 bits per heavy atom. The zero-order valence-corrected chi connectivity index (χ0v) is 21.9. The fraction of sp³-hybridized carbons (Fsp3) is 0.280. The predicted octanol–water partition coefficient (Wildman–Crippen LogP) is 6.87. The molecule has 0 atom stereocenters. The molecule has 0 unspecified atom stereocenters. The van der Waals surface area contributed by atoms with Gasteiger partial charge in [0.15, 0.2) is 0 Å². The summed E-state index contributed by atoms with van der Waals surface area (Å²) >= 11 is 15.1. The molecule has 2 aromatic carbocycles. The smallest absolute Gasteiger partial charge is 0.310 e. The minimum Gasteiger partial charge on any atom is -0.473 e. The van der Waals surface area contributed by atoms with Gasteiger partial charge in [-0.2, -0.15) is 0 Å². The Bertz CT molecular complexity index is 1200. The fourth-order valence-electron chi connectivity index (χ4n) is 3.32. The van der Waals surface area contributed by atoms with E-state index in [-0.39, 0.29) is 53.4 Å². The zero-order chi connectivity index (χ0) is 25.4. The van der Waals surface area contributed by atoms with Crippen LogP contribution in [-0.4, -0.2) is 24.2 Å². The van der Waals surface area contributed by atoms with Gasteiger partial charge in [-0.1, -0.05) is 29.3 Å². The molecule has 0 saturated carbocycles. The highest BCUT2D eigenvalue weighted by atomic mass is 79.9. The van der Waals surface area contributed by atoms with Crippen LogP contribution in [0.1, 0.15) is 29.2 Å². The Labute approximate surface area is 220 Å². The van der Waals surface area contributed by atoms with Gasteiger partial charge in [0.05, 0.1) is 30.7 Å². The van der Waals surface area contributed by atoms with Gasteiger partial charge in [-0.25, -0.2) is 13.8 Å². The van der Waals surface area contributed by atoms with Crippen molar-refractivity contribution in [1.29, 1.82) is 0 Å². The molecule has 10 heteroatoms. The van der Waals surface area contributed by atoms with Gasteiger partial charge in [-0.3, -0.25) is 4.79 Å². The van der Waals surface area contributed by atoms with E-state index >= 15 is 0 Å². The van der Waals surface area contributed by atoms with E-state index < -0.39 is 17.6 Å². The van der Waals surface area contributed by atoms with Crippen molar-refractivity contribution in [2.75, 3.05) is 13.2 Å². The second-order valence-corrected chi connectivity index (χ2v) is 9.11. The fourth-order valence-corrected chi connectivity index (χ4v) is 4.09. The van der Waals surface area contributed by atoms with Gasteiger partial charge in [0.2, 0.25) is 5.88 Å². The van der Waals surface area contributed by atoms with E-state index in [4.69, 9.17) is 37.4 Å². The first-order valence-electron chi connectivity index (χ1n) is 10.7. The molecule has 0 amide bonds. The second kappa shape index (κ2) is 13.2. The van der Waals surface area contributed by atoms with Gasteiger partial charge in [0.25, 0.3) is 0 Å². The van der Waals surface area contributed by atoms with Gasteiger partial charge in [0.1, 0.15) is 23.4 Å². The number of hydrogen-bond acceptors (Lipinski definition) is 5. The first-order valence-corrected chi connectivity index (χ1v) is 12.2. The minimum absolute atomic E-state index is 0.0692. The summed E-state index contributed by atoms with van der Waals surface area (Å²) in [5.74, 6) is -1.18. The molecule has 0 aliphatic rings. The summed E-state index contributed by atoms with van der Waals surface area (Å²) < 4.78 is 45.3. The maximum atomic E-state index is 14.7. The number of esters is 1. The number of ether oxygens (including phenoxy) is 3. The lowest BCUT2D eigenvalue weighted by Gasteiger charge is -2.14. The van der Waals surface area contributed by atoms with Crippen LogP contribution in [-0.2, 0) is 40.3 Å². The highest BCUT2D eigenvalue weighted by molar-refractivity contribution is 9.10. The number of nitrogens with zero attached hydrogens (tertiary/aromatic N) is 1. The third kappa shape index (κ3) is 8.14. The first-order chi connectivity index (χ1) is 16.8. The Hall–Kier alpha value is -2.26. The molecule has 0 aliphatic carbocycles. The average Bonchev–Trinajstić information content (AvgIpc) is 2.79. The molecule has 35 heavy (non-hydrogen) atoms. The lowest BCUT2D eigenvalue weighted by Crippen LogP contribution is -2.11. The number of carbonyl (C=O) groups excluding carboxylic acids is 1. The third-order valence-corrected chi connectivity index (χ3v) is 6.00. The van der Waals surface area contributed by atoms with E-state index in [1.54, 1.807) is 37.3 Å². The van der Waals surface area contributed by atoms with E-state index in [0.717, 1.165) is 0 Å². The number of rotatable bonds is 11. The zero-order valence-electron chi connectivity index (χ0n) is 18.8. The van der Waals surface area contributed by atoms with E-state index in [0.29, 0.717) is 28.7 Å². The Kier molecular flexibility index (Phi) is 10.3. The molecule has 186 valence electrons. The molecule has 0 saturated heterocycles. The van der Waals surface area contributed by atoms with Crippen LogP contribution in [0.4, 0.5) is 8.78 Å². The first kappa shape index (κ1) is 27.3. The van der Waals surface area contributed by atoms with Crippen LogP contribution < -0.4 is 4.74 Å². The lowest BCUT2D eigenvalue weighted by atomic mass is 10.0. The summed E-state index contributed by atoms with van der Waals surface area (Å²) in [5, 5.41) is 0.517. The van der Waals surface area contributed by atoms with Crippen LogP contribution >= 0.6 is 39.1 Å². The Morgan fingerprint density at radius 3 is 2.57 bits per heavy atom. The van der Waals surface area contributed by atoms with Crippen molar-refractivity contribution in [2.45, 2.75) is 33.0 Å². The van der Waals surface area contributed by atoms with Crippen LogP contribution in [0.5, 0.6) is 5.88 Å². The molecule has 1 aromatic heterocycles. The number of hydrogen-bond donors (Lipinski definition) is 0. The molecular formula is C25H22BrCl2F2NO4.